The molecule has 2 unspecified atom stereocenters. The molecule has 28 atom stereocenters. The van der Waals surface area contributed by atoms with Crippen molar-refractivity contribution in [2.75, 3.05) is 65.8 Å². The largest absolute Gasteiger partial charge is 0.390 e. The molecule has 6 N–H and O–H groups in total. The van der Waals surface area contributed by atoms with Crippen molar-refractivity contribution in [2.24, 2.45) is 112 Å². The summed E-state index contributed by atoms with van der Waals surface area (Å²) in [6, 6.07) is -0.141. The standard InChI is InChI=1S/C37H60N4O6.C37H62N2O6/c1-21-16-23(30(39-40-38)33(4,5)43)46-29-28(21)34(6)12-13-37-20-36(37)11-10-26(47-27-17-41(14-15-45-27)22-18-44-19-22)32(2,3)24(36)8-9-25(37)35(34,7)31(29)42;1-21-16-23(30(38)33(4,5)41)44-29-28(21)34(6)12-13-37-20-36(37)11-10-26(45-27-17-39(14-15-43-27)22-18-42-19-22)32(2,3)24(36)8-9-25(37)35(34,7)31(29)40/h21-31,42-43H,8-20H2,1-7H3;21-31,40-41H,8-20,38H2,1-7H3/t2*21-,23-,24+,25+,26?,27+,28+,29+,30+,31+,34-,35-,36-,37+/m11/s1. The number of hydrogen-bond acceptors (Lipinski definition) is 16. The zero-order valence-electron chi connectivity index (χ0n) is 59.0. The molecule has 18 heteroatoms. The van der Waals surface area contributed by atoms with Crippen molar-refractivity contribution in [1.29, 1.82) is 0 Å². The molecule has 0 radical (unpaired) electrons. The smallest absolute Gasteiger partial charge is 0.170 e. The molecule has 10 saturated carbocycles. The van der Waals surface area contributed by atoms with Gasteiger partial charge in [-0.15, -0.1) is 0 Å². The predicted molar refractivity (Wildman–Crippen MR) is 347 cm³/mol. The number of nitrogens with two attached hydrogens (primary N) is 1. The van der Waals surface area contributed by atoms with Gasteiger partial charge in [0.25, 0.3) is 0 Å². The van der Waals surface area contributed by atoms with Crippen LogP contribution in [-0.2, 0) is 37.9 Å². The molecular formula is C74H122N6O12. The van der Waals surface area contributed by atoms with Crippen molar-refractivity contribution in [3.8, 4) is 0 Å². The highest BCUT2D eigenvalue weighted by Crippen LogP contribution is 2.91. The van der Waals surface area contributed by atoms with Crippen LogP contribution in [0.3, 0.4) is 0 Å². The second-order valence-electron chi connectivity index (χ2n) is 37.8. The maximum Gasteiger partial charge on any atom is 0.170 e. The third kappa shape index (κ3) is 9.11. The van der Waals surface area contributed by atoms with Crippen LogP contribution in [0.2, 0.25) is 0 Å². The Labute approximate surface area is 550 Å². The number of rotatable bonds is 11. The van der Waals surface area contributed by atoms with Crippen LogP contribution in [0.25, 0.3) is 10.4 Å². The van der Waals surface area contributed by atoms with E-state index in [0.717, 1.165) is 104 Å². The number of aliphatic hydroxyl groups is 4. The first-order valence-electron chi connectivity index (χ1n) is 37.3. The van der Waals surface area contributed by atoms with E-state index in [1.54, 1.807) is 27.7 Å². The Kier molecular flexibility index (Phi) is 16.0. The topological polar surface area (TPSA) is 236 Å². The van der Waals surface area contributed by atoms with E-state index >= 15 is 0 Å². The summed E-state index contributed by atoms with van der Waals surface area (Å²) in [5, 5.41) is 50.7. The fourth-order valence-corrected chi connectivity index (χ4v) is 28.1. The Morgan fingerprint density at radius 1 is 0.565 bits per heavy atom. The zero-order chi connectivity index (χ0) is 65.3. The van der Waals surface area contributed by atoms with Crippen molar-refractivity contribution in [1.82, 2.24) is 9.80 Å². The molecule has 0 bridgehead atoms. The summed E-state index contributed by atoms with van der Waals surface area (Å²) in [6.45, 7) is 39.8. The van der Waals surface area contributed by atoms with Crippen molar-refractivity contribution in [3.05, 3.63) is 10.4 Å². The summed E-state index contributed by atoms with van der Waals surface area (Å²) in [7, 11) is 0. The molecule has 6 aliphatic heterocycles. The lowest BCUT2D eigenvalue weighted by Crippen LogP contribution is -2.60. The van der Waals surface area contributed by atoms with Gasteiger partial charge in [-0.05, 0) is 227 Å². The average molecular weight is 1290 g/mol. The van der Waals surface area contributed by atoms with Gasteiger partial charge in [0.15, 0.2) is 12.6 Å². The Balaban J connectivity index is 0.000000153. The van der Waals surface area contributed by atoms with Crippen molar-refractivity contribution in [3.63, 3.8) is 0 Å². The van der Waals surface area contributed by atoms with E-state index in [4.69, 9.17) is 43.6 Å². The van der Waals surface area contributed by atoms with E-state index in [2.05, 4.69) is 89.1 Å². The van der Waals surface area contributed by atoms with Gasteiger partial charge < -0.3 is 64.1 Å². The fraction of sp³-hybridized carbons (Fsp3) is 1.00. The minimum absolute atomic E-state index is 0.0261. The SMILES string of the molecule is C[C@@H]1C[C@H]([C@H](N)C(C)(C)O)O[C@H]2[C@H]1[C@@]1(C)CC[C@@]34C[C@@]35CCC(O[C@H]3CN(C6COC6)CCO3)C(C)(C)[C@@H]5CC[C@H]4[C@]1(C)[C@H]2O.C[C@@H]1C[C@H]([C@H](N=[N+]=[N-])C(C)(C)O)O[C@H]2[C@H]1[C@@]1(C)CC[C@@]34C[C@@]35CCC(O[C@H]3CN(C6COC6)CCO3)C(C)(C)[C@@H]5CC[C@H]4[C@]1(C)[C@H]2O. The summed E-state index contributed by atoms with van der Waals surface area (Å²) in [5.41, 5.74) is 14.6. The summed E-state index contributed by atoms with van der Waals surface area (Å²) in [5.74, 6) is 3.43. The van der Waals surface area contributed by atoms with Gasteiger partial charge >= 0.3 is 0 Å². The first-order valence-corrected chi connectivity index (χ1v) is 37.3. The summed E-state index contributed by atoms with van der Waals surface area (Å²) < 4.78 is 50.8. The molecule has 520 valence electrons. The molecule has 16 rings (SSSR count). The number of aliphatic hydroxyl groups excluding tert-OH is 2. The summed E-state index contributed by atoms with van der Waals surface area (Å²) in [6.07, 6.45) is 16.1. The Morgan fingerprint density at radius 3 is 1.36 bits per heavy atom. The first kappa shape index (κ1) is 66.6. The lowest BCUT2D eigenvalue weighted by Gasteiger charge is -2.64. The normalized spacial score (nSPS) is 53.9. The molecule has 0 aromatic heterocycles. The van der Waals surface area contributed by atoms with Gasteiger partial charge in [-0.3, -0.25) is 9.80 Å². The molecule has 6 saturated heterocycles. The van der Waals surface area contributed by atoms with Gasteiger partial charge in [0.05, 0.1) is 137 Å². The molecule has 92 heavy (non-hydrogen) atoms. The second kappa shape index (κ2) is 22.1. The van der Waals surface area contributed by atoms with Gasteiger partial charge in [0.2, 0.25) is 0 Å². The molecule has 0 amide bonds. The molecular weight excluding hydrogens is 1160 g/mol. The highest BCUT2D eigenvalue weighted by atomic mass is 16.7. The van der Waals surface area contributed by atoms with E-state index in [9.17, 15) is 26.0 Å². The van der Waals surface area contributed by atoms with Crippen LogP contribution in [0.4, 0.5) is 0 Å². The molecule has 18 nitrogen and oxygen atoms in total. The predicted octanol–water partition coefficient (Wildman–Crippen LogP) is 10.0. The Morgan fingerprint density at radius 2 is 0.967 bits per heavy atom. The lowest BCUT2D eigenvalue weighted by atomic mass is 9.41. The van der Waals surface area contributed by atoms with Crippen LogP contribution >= 0.6 is 0 Å². The van der Waals surface area contributed by atoms with E-state index in [1.165, 1.54) is 64.2 Å². The highest BCUT2D eigenvalue weighted by molar-refractivity contribution is 5.35. The van der Waals surface area contributed by atoms with Crippen LogP contribution in [0.5, 0.6) is 0 Å². The number of nitrogens with zero attached hydrogens (tertiary/aromatic N) is 5. The van der Waals surface area contributed by atoms with Crippen molar-refractivity contribution >= 4 is 0 Å². The fourth-order valence-electron chi connectivity index (χ4n) is 28.1. The first-order chi connectivity index (χ1) is 43.2. The molecule has 0 aromatic carbocycles. The van der Waals surface area contributed by atoms with Gasteiger partial charge in [-0.2, -0.15) is 0 Å². The maximum atomic E-state index is 12.5. The number of ether oxygens (including phenoxy) is 8. The molecule has 6 heterocycles. The van der Waals surface area contributed by atoms with E-state index in [0.29, 0.717) is 69.8 Å². The lowest BCUT2D eigenvalue weighted by molar-refractivity contribution is -0.256. The molecule has 16 aliphatic rings. The van der Waals surface area contributed by atoms with E-state index in [-0.39, 0.29) is 86.9 Å². The quantitative estimate of drug-likeness (QED) is 0.0735. The molecule has 10 aliphatic carbocycles. The van der Waals surface area contributed by atoms with Gasteiger partial charge in [0.1, 0.15) is 0 Å². The second-order valence-corrected chi connectivity index (χ2v) is 37.8. The zero-order valence-corrected chi connectivity index (χ0v) is 59.0. The van der Waals surface area contributed by atoms with Gasteiger partial charge in [0, 0.05) is 28.8 Å². The summed E-state index contributed by atoms with van der Waals surface area (Å²) >= 11 is 0. The van der Waals surface area contributed by atoms with Crippen LogP contribution in [0, 0.1) is 101 Å². The number of fused-ring (bicyclic) bond motifs is 8. The van der Waals surface area contributed by atoms with Crippen molar-refractivity contribution in [2.45, 2.75) is 296 Å². The van der Waals surface area contributed by atoms with Gasteiger partial charge in [-0.25, -0.2) is 0 Å². The van der Waals surface area contributed by atoms with E-state index in [1.807, 2.05) is 0 Å². The summed E-state index contributed by atoms with van der Waals surface area (Å²) in [4.78, 5) is 8.08. The van der Waals surface area contributed by atoms with Crippen molar-refractivity contribution < 1.29 is 58.3 Å². The average Bonchev–Trinajstić information content (AvgIpc) is 1.47. The highest BCUT2D eigenvalue weighted by Gasteiger charge is 2.87. The Hall–Kier alpha value is -1.29. The van der Waals surface area contributed by atoms with Crippen LogP contribution in [0.15, 0.2) is 5.11 Å². The third-order valence-corrected chi connectivity index (χ3v) is 33.0. The third-order valence-electron chi connectivity index (χ3n) is 33.0. The molecule has 16 fully saturated rings. The molecule has 0 aromatic rings. The van der Waals surface area contributed by atoms with Gasteiger partial charge in [-0.1, -0.05) is 74.4 Å². The van der Waals surface area contributed by atoms with Crippen LogP contribution in [-0.4, -0.2) is 193 Å². The van der Waals surface area contributed by atoms with E-state index < -0.39 is 41.6 Å². The Bertz CT molecular complexity index is 2840. The number of morpholine rings is 2. The number of hydrogen-bond donors (Lipinski definition) is 5. The monoisotopic (exact) mass is 1290 g/mol. The van der Waals surface area contributed by atoms with Crippen LogP contribution in [0.1, 0.15) is 200 Å². The minimum atomic E-state index is -1.21. The van der Waals surface area contributed by atoms with Crippen LogP contribution < -0.4 is 5.73 Å². The number of azide groups is 1. The minimum Gasteiger partial charge on any atom is -0.390 e. The molecule has 4 spiro atoms. The maximum absolute atomic E-state index is 12.5.